The van der Waals surface area contributed by atoms with Crippen LogP contribution in [0.15, 0.2) is 47.4 Å². The van der Waals surface area contributed by atoms with Gasteiger partial charge in [0.2, 0.25) is 0 Å². The first-order valence-electron chi connectivity index (χ1n) is 8.62. The van der Waals surface area contributed by atoms with Crippen molar-refractivity contribution in [2.75, 3.05) is 4.72 Å². The molecular weight excluding hydrogens is 399 g/mol. The van der Waals surface area contributed by atoms with Crippen molar-refractivity contribution in [2.24, 2.45) is 0 Å². The van der Waals surface area contributed by atoms with Gasteiger partial charge in [0, 0.05) is 0 Å². The third kappa shape index (κ3) is 6.14. The molecular formula is C19H21ClF3NO2S. The Balaban J connectivity index is 2.15. The molecule has 148 valence electrons. The van der Waals surface area contributed by atoms with Gasteiger partial charge >= 0.3 is 6.18 Å². The first-order valence-corrected chi connectivity index (χ1v) is 10.5. The molecule has 0 unspecified atom stereocenters. The molecule has 0 heterocycles. The zero-order chi connectivity index (χ0) is 20.1. The normalized spacial score (nSPS) is 12.2. The molecule has 0 aromatic heterocycles. The molecule has 1 N–H and O–H groups in total. The number of sulfonamides is 1. The molecule has 0 radical (unpaired) electrons. The number of rotatable bonds is 8. The summed E-state index contributed by atoms with van der Waals surface area (Å²) in [6, 6.07) is 8.82. The highest BCUT2D eigenvalue weighted by Crippen LogP contribution is 2.34. The van der Waals surface area contributed by atoms with Crippen molar-refractivity contribution in [1.82, 2.24) is 0 Å². The van der Waals surface area contributed by atoms with E-state index in [4.69, 9.17) is 11.6 Å². The smallest absolute Gasteiger partial charge is 0.278 e. The van der Waals surface area contributed by atoms with Crippen molar-refractivity contribution >= 4 is 27.3 Å². The second kappa shape index (κ2) is 8.97. The van der Waals surface area contributed by atoms with E-state index >= 15 is 0 Å². The van der Waals surface area contributed by atoms with Crippen LogP contribution < -0.4 is 4.72 Å². The summed E-state index contributed by atoms with van der Waals surface area (Å²) < 4.78 is 65.6. The SMILES string of the molecule is CCCCCCc1ccc(S(=O)(=O)Nc2cc(C(F)(F)F)ccc2Cl)cc1. The van der Waals surface area contributed by atoms with Gasteiger partial charge < -0.3 is 0 Å². The summed E-state index contributed by atoms with van der Waals surface area (Å²) in [5.74, 6) is 0. The lowest BCUT2D eigenvalue weighted by Gasteiger charge is -2.13. The largest absolute Gasteiger partial charge is 0.416 e. The molecule has 2 rings (SSSR count). The third-order valence-corrected chi connectivity index (χ3v) is 5.80. The van der Waals surface area contributed by atoms with Gasteiger partial charge in [0.25, 0.3) is 10.0 Å². The fraction of sp³-hybridized carbons (Fsp3) is 0.368. The average molecular weight is 420 g/mol. The predicted molar refractivity (Wildman–Crippen MR) is 102 cm³/mol. The van der Waals surface area contributed by atoms with Crippen molar-refractivity contribution in [2.45, 2.75) is 50.1 Å². The van der Waals surface area contributed by atoms with Crippen LogP contribution in [0, 0.1) is 0 Å². The van der Waals surface area contributed by atoms with E-state index in [2.05, 4.69) is 11.6 Å². The number of halogens is 4. The van der Waals surface area contributed by atoms with E-state index in [0.29, 0.717) is 6.07 Å². The predicted octanol–water partition coefficient (Wildman–Crippen LogP) is 6.28. The molecule has 3 nitrogen and oxygen atoms in total. The zero-order valence-electron chi connectivity index (χ0n) is 14.8. The first-order chi connectivity index (χ1) is 12.6. The van der Waals surface area contributed by atoms with E-state index < -0.39 is 21.8 Å². The lowest BCUT2D eigenvalue weighted by atomic mass is 10.1. The standard InChI is InChI=1S/C19H21ClF3NO2S/c1-2-3-4-5-6-14-7-10-16(11-8-14)27(25,26)24-18-13-15(19(21,22)23)9-12-17(18)20/h7-13,24H,2-6H2,1H3. The van der Waals surface area contributed by atoms with Crippen molar-refractivity contribution in [1.29, 1.82) is 0 Å². The monoisotopic (exact) mass is 419 g/mol. The average Bonchev–Trinajstić information content (AvgIpc) is 2.60. The number of anilines is 1. The highest BCUT2D eigenvalue weighted by atomic mass is 35.5. The molecule has 8 heteroatoms. The Morgan fingerprint density at radius 2 is 1.67 bits per heavy atom. The molecule has 2 aromatic rings. The van der Waals surface area contributed by atoms with Crippen molar-refractivity contribution in [3.05, 3.63) is 58.6 Å². The topological polar surface area (TPSA) is 46.2 Å². The van der Waals surface area contributed by atoms with Gasteiger partial charge in [-0.25, -0.2) is 8.42 Å². The van der Waals surface area contributed by atoms with Crippen LogP contribution in [0.4, 0.5) is 18.9 Å². The maximum Gasteiger partial charge on any atom is 0.416 e. The first kappa shape index (κ1) is 21.6. The fourth-order valence-corrected chi connectivity index (χ4v) is 3.87. The minimum Gasteiger partial charge on any atom is -0.278 e. The van der Waals surface area contributed by atoms with Crippen LogP contribution in [-0.2, 0) is 22.6 Å². The Bertz CT molecular complexity index is 866. The molecule has 0 atom stereocenters. The fourth-order valence-electron chi connectivity index (χ4n) is 2.57. The number of aryl methyl sites for hydroxylation is 1. The quantitative estimate of drug-likeness (QED) is 0.511. The second-order valence-corrected chi connectivity index (χ2v) is 8.34. The van der Waals surface area contributed by atoms with Crippen LogP contribution in [0.2, 0.25) is 5.02 Å². The number of unbranched alkanes of at least 4 members (excludes halogenated alkanes) is 3. The maximum atomic E-state index is 12.8. The summed E-state index contributed by atoms with van der Waals surface area (Å²) in [7, 11) is -4.05. The van der Waals surface area contributed by atoms with Crippen LogP contribution in [-0.4, -0.2) is 8.42 Å². The Kier molecular flexibility index (Phi) is 7.17. The van der Waals surface area contributed by atoms with Gasteiger partial charge in [0.05, 0.1) is 21.2 Å². The summed E-state index contributed by atoms with van der Waals surface area (Å²) >= 11 is 5.85. The molecule has 0 spiro atoms. The molecule has 0 aliphatic rings. The van der Waals surface area contributed by atoms with Crippen molar-refractivity contribution in [3.63, 3.8) is 0 Å². The van der Waals surface area contributed by atoms with Crippen LogP contribution in [0.3, 0.4) is 0 Å². The van der Waals surface area contributed by atoms with Gasteiger partial charge in [-0.3, -0.25) is 4.72 Å². The van der Waals surface area contributed by atoms with E-state index in [1.165, 1.54) is 12.1 Å². The van der Waals surface area contributed by atoms with E-state index in [0.717, 1.165) is 49.8 Å². The third-order valence-electron chi connectivity index (χ3n) is 4.09. The lowest BCUT2D eigenvalue weighted by molar-refractivity contribution is -0.137. The zero-order valence-corrected chi connectivity index (χ0v) is 16.4. The summed E-state index contributed by atoms with van der Waals surface area (Å²) in [6.45, 7) is 2.13. The van der Waals surface area contributed by atoms with Gasteiger partial charge in [-0.1, -0.05) is 49.9 Å². The van der Waals surface area contributed by atoms with Gasteiger partial charge in [-0.05, 0) is 48.7 Å². The van der Waals surface area contributed by atoms with E-state index in [-0.39, 0.29) is 15.6 Å². The minimum atomic E-state index is -4.59. The van der Waals surface area contributed by atoms with Crippen LogP contribution >= 0.6 is 11.6 Å². The van der Waals surface area contributed by atoms with E-state index in [1.807, 2.05) is 0 Å². The molecule has 0 amide bonds. The van der Waals surface area contributed by atoms with Crippen LogP contribution in [0.1, 0.15) is 43.7 Å². The molecule has 0 aliphatic carbocycles. The molecule has 0 saturated heterocycles. The molecule has 0 bridgehead atoms. The van der Waals surface area contributed by atoms with E-state index in [1.54, 1.807) is 12.1 Å². The van der Waals surface area contributed by atoms with Gasteiger partial charge in [0.1, 0.15) is 0 Å². The molecule has 0 saturated carbocycles. The summed E-state index contributed by atoms with van der Waals surface area (Å²) in [6.07, 6.45) is 0.705. The number of nitrogens with one attached hydrogen (secondary N) is 1. The summed E-state index contributed by atoms with van der Waals surface area (Å²) in [4.78, 5) is -0.0340. The van der Waals surface area contributed by atoms with Crippen LogP contribution in [0.25, 0.3) is 0 Å². The summed E-state index contributed by atoms with van der Waals surface area (Å²) in [5, 5.41) is -0.112. The van der Waals surface area contributed by atoms with Gasteiger partial charge in [-0.15, -0.1) is 0 Å². The number of hydrogen-bond acceptors (Lipinski definition) is 2. The molecule has 2 aromatic carbocycles. The number of alkyl halides is 3. The minimum absolute atomic E-state index is 0.0340. The Hall–Kier alpha value is -1.73. The van der Waals surface area contributed by atoms with Crippen molar-refractivity contribution in [3.8, 4) is 0 Å². The Morgan fingerprint density at radius 1 is 1.00 bits per heavy atom. The van der Waals surface area contributed by atoms with Crippen molar-refractivity contribution < 1.29 is 21.6 Å². The molecule has 0 aliphatic heterocycles. The summed E-state index contributed by atoms with van der Waals surface area (Å²) in [5.41, 5.74) is -0.274. The molecule has 0 fully saturated rings. The Labute approximate surface area is 162 Å². The van der Waals surface area contributed by atoms with Gasteiger partial charge in [0.15, 0.2) is 0 Å². The van der Waals surface area contributed by atoms with Gasteiger partial charge in [-0.2, -0.15) is 13.2 Å². The maximum absolute atomic E-state index is 12.8. The second-order valence-electron chi connectivity index (χ2n) is 6.25. The highest BCUT2D eigenvalue weighted by Gasteiger charge is 2.31. The Morgan fingerprint density at radius 3 is 2.26 bits per heavy atom. The lowest BCUT2D eigenvalue weighted by Crippen LogP contribution is -2.14. The highest BCUT2D eigenvalue weighted by molar-refractivity contribution is 7.92. The molecule has 27 heavy (non-hydrogen) atoms. The van der Waals surface area contributed by atoms with E-state index in [9.17, 15) is 21.6 Å². The number of benzene rings is 2. The number of hydrogen-bond donors (Lipinski definition) is 1. The van der Waals surface area contributed by atoms with Crippen LogP contribution in [0.5, 0.6) is 0 Å².